The van der Waals surface area contributed by atoms with Crippen molar-refractivity contribution in [1.29, 1.82) is 0 Å². The third-order valence-electron chi connectivity index (χ3n) is 4.95. The van der Waals surface area contributed by atoms with Gasteiger partial charge in [0.1, 0.15) is 0 Å². The Morgan fingerprint density at radius 2 is 1.93 bits per heavy atom. The van der Waals surface area contributed by atoms with Crippen LogP contribution in [-0.4, -0.2) is 25.6 Å². The molecule has 162 valence electrons. The second-order valence-electron chi connectivity index (χ2n) is 7.25. The first-order valence-electron chi connectivity index (χ1n) is 9.40. The quantitative estimate of drug-likeness (QED) is 0.628. The van der Waals surface area contributed by atoms with E-state index in [1.54, 1.807) is 11.5 Å². The van der Waals surface area contributed by atoms with Crippen molar-refractivity contribution >= 4 is 37.8 Å². The minimum atomic E-state index is -4.88. The molecule has 1 N–H and O–H groups in total. The molecule has 1 heterocycles. The molecule has 1 aromatic heterocycles. The summed E-state index contributed by atoms with van der Waals surface area (Å²) in [6.07, 6.45) is 3.83. The van der Waals surface area contributed by atoms with Crippen molar-refractivity contribution in [3.05, 3.63) is 47.0 Å². The van der Waals surface area contributed by atoms with Gasteiger partial charge in [-0.25, -0.2) is 13.4 Å². The molecular weight excluding hydrogens is 437 g/mol. The SMILES string of the molecule is CS(=O)(=O)c1ccc(/C(=C\C2CCCCC2)C(=O)Nc2nccs2)cc1C(F)(F)F. The van der Waals surface area contributed by atoms with Crippen molar-refractivity contribution in [1.82, 2.24) is 4.98 Å². The molecule has 0 bridgehead atoms. The summed E-state index contributed by atoms with van der Waals surface area (Å²) in [5.74, 6) is -0.504. The molecular formula is C20H21F3N2O3S2. The zero-order chi connectivity index (χ0) is 21.9. The van der Waals surface area contributed by atoms with Crippen molar-refractivity contribution in [2.24, 2.45) is 5.92 Å². The van der Waals surface area contributed by atoms with E-state index in [-0.39, 0.29) is 17.1 Å². The summed E-state index contributed by atoms with van der Waals surface area (Å²) in [6.45, 7) is 0. The van der Waals surface area contributed by atoms with Gasteiger partial charge in [-0.05, 0) is 36.5 Å². The Morgan fingerprint density at radius 1 is 1.23 bits per heavy atom. The number of carbonyl (C=O) groups excluding carboxylic acids is 1. The Kier molecular flexibility index (Phi) is 6.66. The lowest BCUT2D eigenvalue weighted by atomic mass is 9.86. The summed E-state index contributed by atoms with van der Waals surface area (Å²) in [7, 11) is -4.10. The van der Waals surface area contributed by atoms with Crippen molar-refractivity contribution in [2.75, 3.05) is 11.6 Å². The maximum atomic E-state index is 13.6. The van der Waals surface area contributed by atoms with Gasteiger partial charge in [0.2, 0.25) is 0 Å². The van der Waals surface area contributed by atoms with Crippen molar-refractivity contribution in [3.63, 3.8) is 0 Å². The number of hydrogen-bond acceptors (Lipinski definition) is 5. The van der Waals surface area contributed by atoms with Gasteiger partial charge in [0, 0.05) is 23.4 Å². The van der Waals surface area contributed by atoms with E-state index in [4.69, 9.17) is 0 Å². The van der Waals surface area contributed by atoms with E-state index in [0.717, 1.165) is 50.5 Å². The van der Waals surface area contributed by atoms with E-state index >= 15 is 0 Å². The number of rotatable bonds is 5. The van der Waals surface area contributed by atoms with E-state index in [1.807, 2.05) is 0 Å². The number of benzene rings is 1. The first-order valence-corrected chi connectivity index (χ1v) is 12.2. The molecule has 0 saturated heterocycles. The third-order valence-corrected chi connectivity index (χ3v) is 6.79. The van der Waals surface area contributed by atoms with Crippen LogP contribution in [0.3, 0.4) is 0 Å². The Balaban J connectivity index is 2.08. The molecule has 0 aliphatic heterocycles. The van der Waals surface area contributed by atoms with Crippen LogP contribution >= 0.6 is 11.3 Å². The Morgan fingerprint density at radius 3 is 2.50 bits per heavy atom. The number of nitrogens with one attached hydrogen (secondary N) is 1. The molecule has 10 heteroatoms. The average Bonchev–Trinajstić information content (AvgIpc) is 3.18. The van der Waals surface area contributed by atoms with Gasteiger partial charge in [0.05, 0.1) is 10.5 Å². The van der Waals surface area contributed by atoms with Gasteiger partial charge < -0.3 is 0 Å². The molecule has 3 rings (SSSR count). The minimum Gasteiger partial charge on any atom is -0.298 e. The number of alkyl halides is 3. The molecule has 1 fully saturated rings. The van der Waals surface area contributed by atoms with Gasteiger partial charge >= 0.3 is 6.18 Å². The third kappa shape index (κ3) is 5.48. The van der Waals surface area contributed by atoms with E-state index in [9.17, 15) is 26.4 Å². The van der Waals surface area contributed by atoms with Crippen LogP contribution < -0.4 is 5.32 Å². The van der Waals surface area contributed by atoms with E-state index in [2.05, 4.69) is 10.3 Å². The highest BCUT2D eigenvalue weighted by molar-refractivity contribution is 7.90. The van der Waals surface area contributed by atoms with E-state index < -0.39 is 32.4 Å². The number of amides is 1. The van der Waals surface area contributed by atoms with Crippen LogP contribution in [0.25, 0.3) is 5.57 Å². The molecule has 1 amide bonds. The van der Waals surface area contributed by atoms with E-state index in [0.29, 0.717) is 5.13 Å². The van der Waals surface area contributed by atoms with Crippen LogP contribution in [0.4, 0.5) is 18.3 Å². The zero-order valence-corrected chi connectivity index (χ0v) is 17.8. The summed E-state index contributed by atoms with van der Waals surface area (Å²) in [5, 5.41) is 4.62. The van der Waals surface area contributed by atoms with Crippen LogP contribution in [0.15, 0.2) is 40.7 Å². The zero-order valence-electron chi connectivity index (χ0n) is 16.2. The Hall–Kier alpha value is -2.20. The number of nitrogens with zero attached hydrogens (tertiary/aromatic N) is 1. The monoisotopic (exact) mass is 458 g/mol. The van der Waals surface area contributed by atoms with Crippen LogP contribution in [-0.2, 0) is 20.8 Å². The van der Waals surface area contributed by atoms with Gasteiger partial charge in [-0.15, -0.1) is 11.3 Å². The fourth-order valence-electron chi connectivity index (χ4n) is 3.53. The van der Waals surface area contributed by atoms with Crippen LogP contribution in [0.1, 0.15) is 43.2 Å². The van der Waals surface area contributed by atoms with Crippen LogP contribution in [0, 0.1) is 5.92 Å². The molecule has 5 nitrogen and oxygen atoms in total. The van der Waals surface area contributed by atoms with Crippen LogP contribution in [0.2, 0.25) is 0 Å². The lowest BCUT2D eigenvalue weighted by molar-refractivity contribution is -0.139. The number of halogens is 3. The number of carbonyl (C=O) groups is 1. The largest absolute Gasteiger partial charge is 0.417 e. The highest BCUT2D eigenvalue weighted by atomic mass is 32.2. The van der Waals surface area contributed by atoms with Gasteiger partial charge in [-0.3, -0.25) is 10.1 Å². The molecule has 0 atom stereocenters. The molecule has 1 aromatic carbocycles. The standard InChI is InChI=1S/C20H21F3N2O3S2/c1-30(27,28)17-8-7-14(12-16(17)20(21,22)23)15(11-13-5-3-2-4-6-13)18(26)25-19-24-9-10-29-19/h7-13H,2-6H2,1H3,(H,24,25,26)/b15-11+. The van der Waals surface area contributed by atoms with Crippen molar-refractivity contribution in [3.8, 4) is 0 Å². The topological polar surface area (TPSA) is 76.1 Å². The second kappa shape index (κ2) is 8.89. The number of anilines is 1. The normalized spacial score (nSPS) is 16.5. The summed E-state index contributed by atoms with van der Waals surface area (Å²) in [5.41, 5.74) is -1.17. The van der Waals surface area contributed by atoms with Gasteiger partial charge in [-0.1, -0.05) is 31.4 Å². The summed E-state index contributed by atoms with van der Waals surface area (Å²) in [4.78, 5) is 16.1. The molecule has 0 radical (unpaired) electrons. The van der Waals surface area contributed by atoms with Gasteiger partial charge in [0.15, 0.2) is 15.0 Å². The molecule has 0 spiro atoms. The molecule has 1 aliphatic carbocycles. The second-order valence-corrected chi connectivity index (χ2v) is 10.1. The number of thiazole rings is 1. The summed E-state index contributed by atoms with van der Waals surface area (Å²) < 4.78 is 64.5. The summed E-state index contributed by atoms with van der Waals surface area (Å²) >= 11 is 1.19. The Bertz CT molecular complexity index is 1040. The minimum absolute atomic E-state index is 0.0226. The average molecular weight is 459 g/mol. The lowest BCUT2D eigenvalue weighted by Crippen LogP contribution is -2.17. The molecule has 1 saturated carbocycles. The summed E-state index contributed by atoms with van der Waals surface area (Å²) in [6, 6.07) is 2.91. The predicted octanol–water partition coefficient (Wildman–Crippen LogP) is 5.17. The highest BCUT2D eigenvalue weighted by Crippen LogP contribution is 2.37. The number of aromatic nitrogens is 1. The first kappa shape index (κ1) is 22.5. The smallest absolute Gasteiger partial charge is 0.298 e. The van der Waals surface area contributed by atoms with Gasteiger partial charge in [-0.2, -0.15) is 13.2 Å². The van der Waals surface area contributed by atoms with E-state index in [1.165, 1.54) is 23.6 Å². The van der Waals surface area contributed by atoms with Crippen molar-refractivity contribution in [2.45, 2.75) is 43.2 Å². The number of allylic oxidation sites excluding steroid dienone is 1. The maximum Gasteiger partial charge on any atom is 0.417 e. The van der Waals surface area contributed by atoms with Crippen LogP contribution in [0.5, 0.6) is 0 Å². The lowest BCUT2D eigenvalue weighted by Gasteiger charge is -2.20. The number of hydrogen-bond donors (Lipinski definition) is 1. The number of sulfone groups is 1. The molecule has 2 aromatic rings. The molecule has 1 aliphatic rings. The van der Waals surface area contributed by atoms with Crippen molar-refractivity contribution < 1.29 is 26.4 Å². The molecule has 0 unspecified atom stereocenters. The maximum absolute atomic E-state index is 13.6. The molecule has 30 heavy (non-hydrogen) atoms. The predicted molar refractivity (Wildman–Crippen MR) is 110 cm³/mol. The Labute approximate surface area is 177 Å². The highest BCUT2D eigenvalue weighted by Gasteiger charge is 2.37. The fraction of sp³-hybridized carbons (Fsp3) is 0.400. The first-order chi connectivity index (χ1) is 14.1. The fourth-order valence-corrected chi connectivity index (χ4v) is 4.94. The van der Waals surface area contributed by atoms with Gasteiger partial charge in [0.25, 0.3) is 5.91 Å².